The molecule has 2 aliphatic heterocycles. The number of rotatable bonds is 2. The molecule has 6 nitrogen and oxygen atoms in total. The van der Waals surface area contributed by atoms with Crippen LogP contribution in [-0.4, -0.2) is 33.1 Å². The number of anilines is 1. The molecule has 1 aromatic rings. The predicted molar refractivity (Wildman–Crippen MR) is 83.2 cm³/mol. The molecule has 0 aliphatic carbocycles. The minimum atomic E-state index is -1.03. The summed E-state index contributed by atoms with van der Waals surface area (Å²) in [5.41, 5.74) is -0.216. The average Bonchev–Trinajstić information content (AvgIpc) is 2.47. The van der Waals surface area contributed by atoms with Crippen LogP contribution in [-0.2, 0) is 9.59 Å². The molecule has 1 N–H and O–H groups in total. The topological polar surface area (TPSA) is 74.7 Å². The highest BCUT2D eigenvalue weighted by molar-refractivity contribution is 6.11. The van der Waals surface area contributed by atoms with E-state index in [9.17, 15) is 9.59 Å². The van der Waals surface area contributed by atoms with E-state index < -0.39 is 5.54 Å². The molecule has 1 aromatic heterocycles. The molecule has 0 spiro atoms. The number of aromatic nitrogens is 1. The number of amidine groups is 1. The Kier molecular flexibility index (Phi) is 3.36. The Morgan fingerprint density at radius 3 is 2.95 bits per heavy atom. The molecule has 0 saturated heterocycles. The normalized spacial score (nSPS) is 23.1. The number of aliphatic imine (C=N–C) groups is 1. The number of aryl methyl sites for hydroxylation is 1. The molecule has 6 heteroatoms. The molecule has 2 aliphatic rings. The number of nitrogens with zero attached hydrogens (tertiary/aromatic N) is 3. The highest BCUT2D eigenvalue weighted by atomic mass is 16.2. The number of hydrogen-bond donors (Lipinski definition) is 1. The van der Waals surface area contributed by atoms with E-state index in [-0.39, 0.29) is 18.2 Å². The van der Waals surface area contributed by atoms with Crippen LogP contribution in [0.1, 0.15) is 19.0 Å². The molecular weight excluding hydrogens is 280 g/mol. The Bertz CT molecular complexity index is 735. The molecule has 0 fully saturated rings. The van der Waals surface area contributed by atoms with E-state index >= 15 is 0 Å². The van der Waals surface area contributed by atoms with Crippen molar-refractivity contribution in [3.05, 3.63) is 48.3 Å². The number of carbonyl (C=O) groups is 2. The zero-order chi connectivity index (χ0) is 15.7. The van der Waals surface area contributed by atoms with Crippen LogP contribution < -0.4 is 5.32 Å². The average molecular weight is 296 g/mol. The Morgan fingerprint density at radius 2 is 2.18 bits per heavy atom. The maximum absolute atomic E-state index is 12.7. The first kappa shape index (κ1) is 14.2. The van der Waals surface area contributed by atoms with Crippen molar-refractivity contribution in [2.45, 2.75) is 25.8 Å². The van der Waals surface area contributed by atoms with Crippen LogP contribution in [0.3, 0.4) is 0 Å². The lowest BCUT2D eigenvalue weighted by Crippen LogP contribution is -2.58. The van der Waals surface area contributed by atoms with Crippen molar-refractivity contribution in [2.24, 2.45) is 4.99 Å². The van der Waals surface area contributed by atoms with E-state index in [0.29, 0.717) is 11.7 Å². The summed E-state index contributed by atoms with van der Waals surface area (Å²) in [5.74, 6) is 0.361. The molecule has 22 heavy (non-hydrogen) atoms. The Morgan fingerprint density at radius 1 is 1.36 bits per heavy atom. The molecule has 3 heterocycles. The van der Waals surface area contributed by atoms with E-state index in [0.717, 1.165) is 5.69 Å². The van der Waals surface area contributed by atoms with Crippen molar-refractivity contribution in [2.75, 3.05) is 5.32 Å². The van der Waals surface area contributed by atoms with Crippen molar-refractivity contribution in [1.82, 2.24) is 9.88 Å². The number of pyridine rings is 1. The number of carbonyl (C=O) groups excluding carboxylic acids is 2. The van der Waals surface area contributed by atoms with Crippen molar-refractivity contribution >= 4 is 23.5 Å². The van der Waals surface area contributed by atoms with Crippen molar-refractivity contribution in [1.29, 1.82) is 0 Å². The van der Waals surface area contributed by atoms with Gasteiger partial charge in [0.1, 0.15) is 17.2 Å². The van der Waals surface area contributed by atoms with Crippen LogP contribution >= 0.6 is 0 Å². The van der Waals surface area contributed by atoms with Gasteiger partial charge >= 0.3 is 0 Å². The smallest absolute Gasteiger partial charge is 0.252 e. The molecule has 112 valence electrons. The third-order valence-corrected chi connectivity index (χ3v) is 3.72. The van der Waals surface area contributed by atoms with Gasteiger partial charge in [-0.25, -0.2) is 4.98 Å². The zero-order valence-corrected chi connectivity index (χ0v) is 12.4. The lowest BCUT2D eigenvalue weighted by Gasteiger charge is -2.41. The van der Waals surface area contributed by atoms with E-state index in [1.807, 2.05) is 25.1 Å². The summed E-state index contributed by atoms with van der Waals surface area (Å²) >= 11 is 0. The van der Waals surface area contributed by atoms with Crippen LogP contribution in [0.25, 0.3) is 0 Å². The summed E-state index contributed by atoms with van der Waals surface area (Å²) in [7, 11) is 0. The van der Waals surface area contributed by atoms with E-state index in [1.165, 1.54) is 0 Å². The second-order valence-electron chi connectivity index (χ2n) is 5.50. The summed E-state index contributed by atoms with van der Waals surface area (Å²) in [6.07, 6.45) is 7.09. The summed E-state index contributed by atoms with van der Waals surface area (Å²) in [6.45, 7) is 3.58. The van der Waals surface area contributed by atoms with Crippen LogP contribution in [0.5, 0.6) is 0 Å². The maximum Gasteiger partial charge on any atom is 0.252 e. The number of amides is 2. The van der Waals surface area contributed by atoms with Crippen LogP contribution in [0.2, 0.25) is 0 Å². The number of hydrogen-bond acceptors (Lipinski definition) is 4. The van der Waals surface area contributed by atoms with Crippen molar-refractivity contribution in [3.8, 4) is 0 Å². The van der Waals surface area contributed by atoms with Crippen LogP contribution in [0.15, 0.2) is 47.6 Å². The Hall–Kier alpha value is -2.76. The lowest BCUT2D eigenvalue weighted by molar-refractivity contribution is -0.130. The summed E-state index contributed by atoms with van der Waals surface area (Å²) in [4.78, 5) is 34.6. The molecule has 0 radical (unpaired) electrons. The molecule has 0 saturated carbocycles. The van der Waals surface area contributed by atoms with Gasteiger partial charge in [-0.15, -0.1) is 0 Å². The second-order valence-corrected chi connectivity index (χ2v) is 5.50. The second kappa shape index (κ2) is 5.22. The molecule has 1 atom stereocenters. The van der Waals surface area contributed by atoms with Gasteiger partial charge in [0.25, 0.3) is 11.8 Å². The van der Waals surface area contributed by atoms with E-state index in [4.69, 9.17) is 0 Å². The molecular formula is C16H16N4O2. The minimum absolute atomic E-state index is 0.0202. The van der Waals surface area contributed by atoms with Gasteiger partial charge in [-0.3, -0.25) is 9.59 Å². The van der Waals surface area contributed by atoms with E-state index in [2.05, 4.69) is 15.3 Å². The molecule has 0 bridgehead atoms. The first-order chi connectivity index (χ1) is 10.5. The summed E-state index contributed by atoms with van der Waals surface area (Å²) in [5, 5.41) is 2.79. The first-order valence-corrected chi connectivity index (χ1v) is 7.00. The fourth-order valence-corrected chi connectivity index (χ4v) is 2.54. The van der Waals surface area contributed by atoms with Gasteiger partial charge < -0.3 is 10.2 Å². The molecule has 1 unspecified atom stereocenters. The highest BCUT2D eigenvalue weighted by Crippen LogP contribution is 2.29. The minimum Gasteiger partial charge on any atom is -0.317 e. The fraction of sp³-hybridized carbons (Fsp3) is 0.250. The Balaban J connectivity index is 1.90. The quantitative estimate of drug-likeness (QED) is 0.903. The van der Waals surface area contributed by atoms with Crippen LogP contribution in [0, 0.1) is 6.92 Å². The largest absolute Gasteiger partial charge is 0.317 e. The van der Waals surface area contributed by atoms with Gasteiger partial charge in [0, 0.05) is 11.9 Å². The first-order valence-electron chi connectivity index (χ1n) is 7.00. The third-order valence-electron chi connectivity index (χ3n) is 3.72. The number of allylic oxidation sites excluding steroid dienone is 2. The van der Waals surface area contributed by atoms with Crippen molar-refractivity contribution < 1.29 is 9.59 Å². The molecule has 2 amide bonds. The standard InChI is InChI=1S/C16H16N4O2/c1-11-6-5-7-12(17-11)18-15(22)16(2)10-14(21)19-13-8-3-4-9-20(13)16/h3-9H,10H2,1-2H3,(H,17,18,22). The van der Waals surface area contributed by atoms with Gasteiger partial charge in [0.05, 0.1) is 6.42 Å². The van der Waals surface area contributed by atoms with Gasteiger partial charge in [0.15, 0.2) is 0 Å². The SMILES string of the molecule is Cc1cccc(NC(=O)C2(C)CC(=O)N=C3C=CC=CN32)n1. The Labute approximate surface area is 128 Å². The van der Waals surface area contributed by atoms with E-state index in [1.54, 1.807) is 36.2 Å². The number of nitrogens with one attached hydrogen (secondary N) is 1. The van der Waals surface area contributed by atoms with Crippen molar-refractivity contribution in [3.63, 3.8) is 0 Å². The monoisotopic (exact) mass is 296 g/mol. The van der Waals surface area contributed by atoms with Gasteiger partial charge in [-0.1, -0.05) is 12.1 Å². The number of fused-ring (bicyclic) bond motifs is 1. The zero-order valence-electron chi connectivity index (χ0n) is 12.4. The third kappa shape index (κ3) is 2.43. The fourth-order valence-electron chi connectivity index (χ4n) is 2.54. The highest BCUT2D eigenvalue weighted by Gasteiger charge is 2.45. The van der Waals surface area contributed by atoms with Crippen LogP contribution in [0.4, 0.5) is 5.82 Å². The van der Waals surface area contributed by atoms with Gasteiger partial charge in [-0.05, 0) is 38.1 Å². The predicted octanol–water partition coefficient (Wildman–Crippen LogP) is 1.80. The molecule has 3 rings (SSSR count). The lowest BCUT2D eigenvalue weighted by atomic mass is 9.91. The summed E-state index contributed by atoms with van der Waals surface area (Å²) in [6, 6.07) is 5.40. The van der Waals surface area contributed by atoms with Gasteiger partial charge in [-0.2, -0.15) is 4.99 Å². The van der Waals surface area contributed by atoms with Gasteiger partial charge in [0.2, 0.25) is 0 Å². The molecule has 0 aromatic carbocycles. The summed E-state index contributed by atoms with van der Waals surface area (Å²) < 4.78 is 0. The maximum atomic E-state index is 12.7.